The van der Waals surface area contributed by atoms with Crippen molar-refractivity contribution in [3.05, 3.63) is 18.0 Å². The summed E-state index contributed by atoms with van der Waals surface area (Å²) in [5.74, 6) is 6.81. The number of nitrogens with zero attached hydrogens (tertiary/aromatic N) is 3. The van der Waals surface area contributed by atoms with E-state index in [-0.39, 0.29) is 0 Å². The fourth-order valence-electron chi connectivity index (χ4n) is 1.60. The molecule has 0 radical (unpaired) electrons. The van der Waals surface area contributed by atoms with E-state index in [1.165, 1.54) is 12.8 Å². The van der Waals surface area contributed by atoms with E-state index in [9.17, 15) is 0 Å². The highest BCUT2D eigenvalue weighted by Gasteiger charge is 2.13. The highest BCUT2D eigenvalue weighted by Crippen LogP contribution is 2.14. The van der Waals surface area contributed by atoms with Crippen LogP contribution in [-0.2, 0) is 0 Å². The predicted octanol–water partition coefficient (Wildman–Crippen LogP) is 1.67. The Morgan fingerprint density at radius 1 is 1.27 bits per heavy atom. The van der Waals surface area contributed by atoms with Crippen molar-refractivity contribution in [2.75, 3.05) is 23.9 Å². The molecule has 0 saturated carbocycles. The van der Waals surface area contributed by atoms with Gasteiger partial charge in [0.2, 0.25) is 5.95 Å². The van der Waals surface area contributed by atoms with Crippen LogP contribution < -0.4 is 4.90 Å². The lowest BCUT2D eigenvalue weighted by atomic mass is 10.3. The predicted molar refractivity (Wildman–Crippen MR) is 61.1 cm³/mol. The largest absolute Gasteiger partial charge is 0.341 e. The van der Waals surface area contributed by atoms with Crippen LogP contribution >= 0.6 is 11.6 Å². The lowest BCUT2D eigenvalue weighted by Gasteiger charge is -2.13. The number of hydrogen-bond donors (Lipinski definition) is 0. The topological polar surface area (TPSA) is 29.0 Å². The third-order valence-corrected chi connectivity index (χ3v) is 2.46. The van der Waals surface area contributed by atoms with Crippen LogP contribution in [0.1, 0.15) is 18.4 Å². The van der Waals surface area contributed by atoms with Crippen LogP contribution in [0.2, 0.25) is 0 Å². The first-order valence-corrected chi connectivity index (χ1v) is 5.55. The van der Waals surface area contributed by atoms with Crippen LogP contribution in [0.5, 0.6) is 0 Å². The molecule has 0 N–H and O–H groups in total. The minimum atomic E-state index is 0.341. The molecule has 1 aromatic heterocycles. The van der Waals surface area contributed by atoms with Gasteiger partial charge in [-0.3, -0.25) is 0 Å². The zero-order valence-electron chi connectivity index (χ0n) is 8.41. The summed E-state index contributed by atoms with van der Waals surface area (Å²) in [5, 5.41) is 0. The molecule has 2 rings (SSSR count). The molecule has 1 aromatic rings. The van der Waals surface area contributed by atoms with Gasteiger partial charge in [0.05, 0.1) is 11.4 Å². The van der Waals surface area contributed by atoms with Crippen molar-refractivity contribution in [1.29, 1.82) is 0 Å². The van der Waals surface area contributed by atoms with Crippen molar-refractivity contribution in [3.8, 4) is 11.8 Å². The second-order valence-electron chi connectivity index (χ2n) is 3.40. The van der Waals surface area contributed by atoms with Gasteiger partial charge in [-0.15, -0.1) is 11.6 Å². The summed E-state index contributed by atoms with van der Waals surface area (Å²) >= 11 is 5.46. The minimum absolute atomic E-state index is 0.341. The van der Waals surface area contributed by atoms with E-state index in [4.69, 9.17) is 11.6 Å². The fraction of sp³-hybridized carbons (Fsp3) is 0.455. The average Bonchev–Trinajstić information content (AvgIpc) is 2.80. The molecule has 78 valence electrons. The van der Waals surface area contributed by atoms with Crippen LogP contribution in [0.3, 0.4) is 0 Å². The zero-order valence-corrected chi connectivity index (χ0v) is 9.17. The molecule has 0 amide bonds. The van der Waals surface area contributed by atoms with Gasteiger partial charge in [-0.1, -0.05) is 11.8 Å². The van der Waals surface area contributed by atoms with E-state index in [0.29, 0.717) is 5.88 Å². The number of anilines is 1. The number of hydrogen-bond acceptors (Lipinski definition) is 3. The molecule has 1 aliphatic heterocycles. The average molecular weight is 222 g/mol. The van der Waals surface area contributed by atoms with Crippen LogP contribution in [0, 0.1) is 11.8 Å². The maximum Gasteiger partial charge on any atom is 0.225 e. The molecule has 0 aromatic carbocycles. The molecular weight excluding hydrogens is 210 g/mol. The molecule has 1 aliphatic rings. The molecule has 1 fully saturated rings. The fourth-order valence-corrected chi connectivity index (χ4v) is 1.67. The molecule has 2 heterocycles. The normalized spacial score (nSPS) is 14.9. The Hall–Kier alpha value is -1.27. The summed E-state index contributed by atoms with van der Waals surface area (Å²) in [4.78, 5) is 10.8. The Labute approximate surface area is 94.5 Å². The van der Waals surface area contributed by atoms with E-state index in [1.807, 2.05) is 0 Å². The Kier molecular flexibility index (Phi) is 3.41. The quantitative estimate of drug-likeness (QED) is 0.534. The molecule has 0 aliphatic carbocycles. The molecule has 4 heteroatoms. The Morgan fingerprint density at radius 3 is 2.53 bits per heavy atom. The lowest BCUT2D eigenvalue weighted by molar-refractivity contribution is 0.897. The van der Waals surface area contributed by atoms with E-state index >= 15 is 0 Å². The number of halogens is 1. The van der Waals surface area contributed by atoms with Gasteiger partial charge in [-0.25, -0.2) is 9.97 Å². The third kappa shape index (κ3) is 2.60. The number of alkyl halides is 1. The summed E-state index contributed by atoms with van der Waals surface area (Å²) in [6.45, 7) is 2.12. The van der Waals surface area contributed by atoms with Gasteiger partial charge in [0.15, 0.2) is 0 Å². The molecule has 1 saturated heterocycles. The lowest BCUT2D eigenvalue weighted by Crippen LogP contribution is -2.20. The van der Waals surface area contributed by atoms with E-state index in [0.717, 1.165) is 24.6 Å². The second kappa shape index (κ2) is 4.99. The Bertz CT molecular complexity index is 371. The maximum atomic E-state index is 5.46. The van der Waals surface area contributed by atoms with Crippen molar-refractivity contribution >= 4 is 17.5 Å². The number of rotatable bonds is 1. The summed E-state index contributed by atoms with van der Waals surface area (Å²) in [7, 11) is 0. The van der Waals surface area contributed by atoms with Gasteiger partial charge >= 0.3 is 0 Å². The van der Waals surface area contributed by atoms with Gasteiger partial charge in [0.1, 0.15) is 0 Å². The first-order valence-electron chi connectivity index (χ1n) is 5.02. The highest BCUT2D eigenvalue weighted by molar-refractivity contribution is 6.19. The van der Waals surface area contributed by atoms with Crippen LogP contribution in [0.4, 0.5) is 5.95 Å². The summed E-state index contributed by atoms with van der Waals surface area (Å²) in [6, 6.07) is 0. The molecule has 0 unspecified atom stereocenters. The monoisotopic (exact) mass is 221 g/mol. The first-order chi connectivity index (χ1) is 7.40. The summed E-state index contributed by atoms with van der Waals surface area (Å²) in [5.41, 5.74) is 0.818. The van der Waals surface area contributed by atoms with E-state index < -0.39 is 0 Å². The van der Waals surface area contributed by atoms with Crippen LogP contribution in [-0.4, -0.2) is 28.9 Å². The summed E-state index contributed by atoms with van der Waals surface area (Å²) < 4.78 is 0. The van der Waals surface area contributed by atoms with Crippen molar-refractivity contribution in [2.24, 2.45) is 0 Å². The Morgan fingerprint density at radius 2 is 1.93 bits per heavy atom. The van der Waals surface area contributed by atoms with Crippen molar-refractivity contribution in [2.45, 2.75) is 12.8 Å². The van der Waals surface area contributed by atoms with Crippen molar-refractivity contribution < 1.29 is 0 Å². The third-order valence-electron chi connectivity index (χ3n) is 2.33. The first kappa shape index (κ1) is 10.3. The molecule has 0 bridgehead atoms. The molecule has 15 heavy (non-hydrogen) atoms. The van der Waals surface area contributed by atoms with Gasteiger partial charge in [0.25, 0.3) is 0 Å². The summed E-state index contributed by atoms with van der Waals surface area (Å²) in [6.07, 6.45) is 5.97. The molecule has 3 nitrogen and oxygen atoms in total. The Balaban J connectivity index is 2.09. The zero-order chi connectivity index (χ0) is 10.5. The van der Waals surface area contributed by atoms with Crippen LogP contribution in [0.15, 0.2) is 12.4 Å². The van der Waals surface area contributed by atoms with Crippen molar-refractivity contribution in [3.63, 3.8) is 0 Å². The van der Waals surface area contributed by atoms with Crippen LogP contribution in [0.25, 0.3) is 0 Å². The highest BCUT2D eigenvalue weighted by atomic mass is 35.5. The molecule has 0 atom stereocenters. The molecular formula is C11H12ClN3. The van der Waals surface area contributed by atoms with Gasteiger partial charge < -0.3 is 4.90 Å². The van der Waals surface area contributed by atoms with Gasteiger partial charge in [-0.05, 0) is 12.8 Å². The number of aromatic nitrogens is 2. The molecule has 0 spiro atoms. The minimum Gasteiger partial charge on any atom is -0.341 e. The SMILES string of the molecule is ClCC#Cc1cnc(N2CCCC2)nc1. The van der Waals surface area contributed by atoms with Gasteiger partial charge in [-0.2, -0.15) is 0 Å². The van der Waals surface area contributed by atoms with Gasteiger partial charge in [0, 0.05) is 25.5 Å². The maximum absolute atomic E-state index is 5.46. The second-order valence-corrected chi connectivity index (χ2v) is 3.67. The van der Waals surface area contributed by atoms with E-state index in [2.05, 4.69) is 26.7 Å². The smallest absolute Gasteiger partial charge is 0.225 e. The van der Waals surface area contributed by atoms with Crippen molar-refractivity contribution in [1.82, 2.24) is 9.97 Å². The van der Waals surface area contributed by atoms with E-state index in [1.54, 1.807) is 12.4 Å². The standard InChI is InChI=1S/C11H12ClN3/c12-5-3-4-10-8-13-11(14-9-10)15-6-1-2-7-15/h8-9H,1-2,5-7H2.